The molecule has 1 aromatic rings. The second-order valence-corrected chi connectivity index (χ2v) is 3.95. The number of hydrogen-bond acceptors (Lipinski definition) is 4. The molecule has 5 heteroatoms. The van der Waals surface area contributed by atoms with Crippen LogP contribution in [0.1, 0.15) is 18.7 Å². The van der Waals surface area contributed by atoms with E-state index >= 15 is 0 Å². The van der Waals surface area contributed by atoms with Gasteiger partial charge in [-0.1, -0.05) is 0 Å². The summed E-state index contributed by atoms with van der Waals surface area (Å²) in [4.78, 5) is 0. The molecule has 1 aliphatic heterocycles. The summed E-state index contributed by atoms with van der Waals surface area (Å²) in [7, 11) is 1.97. The van der Waals surface area contributed by atoms with Gasteiger partial charge in [-0.25, -0.2) is 0 Å². The van der Waals surface area contributed by atoms with Gasteiger partial charge in [-0.2, -0.15) is 0 Å². The molecule has 1 atom stereocenters. The van der Waals surface area contributed by atoms with Crippen LogP contribution in [-0.4, -0.2) is 40.6 Å². The van der Waals surface area contributed by atoms with Gasteiger partial charge in [0, 0.05) is 33.2 Å². The van der Waals surface area contributed by atoms with Crippen LogP contribution in [0.5, 0.6) is 0 Å². The van der Waals surface area contributed by atoms with E-state index in [9.17, 15) is 0 Å². The summed E-state index contributed by atoms with van der Waals surface area (Å²) in [6.45, 7) is 2.82. The van der Waals surface area contributed by atoms with Gasteiger partial charge in [0.2, 0.25) is 0 Å². The Morgan fingerprint density at radius 1 is 1.67 bits per heavy atom. The topological polar surface area (TPSA) is 52.0 Å². The number of nitrogens with zero attached hydrogens (tertiary/aromatic N) is 3. The molecule has 0 bridgehead atoms. The molecule has 0 amide bonds. The first kappa shape index (κ1) is 10.6. The fourth-order valence-electron chi connectivity index (χ4n) is 1.80. The predicted octanol–water partition coefficient (Wildman–Crippen LogP) is 0.126. The van der Waals surface area contributed by atoms with E-state index < -0.39 is 0 Å². The van der Waals surface area contributed by atoms with Gasteiger partial charge in [0.25, 0.3) is 0 Å². The molecule has 1 N–H and O–H groups in total. The van der Waals surface area contributed by atoms with Gasteiger partial charge in [0.1, 0.15) is 12.2 Å². The summed E-state index contributed by atoms with van der Waals surface area (Å²) >= 11 is 0. The molecular weight excluding hydrogens is 192 g/mol. The summed E-state index contributed by atoms with van der Waals surface area (Å²) in [5, 5.41) is 11.3. The Bertz CT molecular complexity index is 293. The molecule has 0 aliphatic carbocycles. The largest absolute Gasteiger partial charge is 0.377 e. The Balaban J connectivity index is 1.60. The lowest BCUT2D eigenvalue weighted by Gasteiger charge is -2.10. The monoisotopic (exact) mass is 210 g/mol. The summed E-state index contributed by atoms with van der Waals surface area (Å²) in [5.41, 5.74) is 0. The Labute approximate surface area is 89.8 Å². The third-order valence-electron chi connectivity index (χ3n) is 2.73. The van der Waals surface area contributed by atoms with E-state index in [0.29, 0.717) is 6.10 Å². The minimum atomic E-state index is 0.421. The van der Waals surface area contributed by atoms with E-state index in [1.807, 2.05) is 11.6 Å². The van der Waals surface area contributed by atoms with Crippen LogP contribution in [0.25, 0.3) is 0 Å². The summed E-state index contributed by atoms with van der Waals surface area (Å²) in [6.07, 6.45) is 5.47. The Morgan fingerprint density at radius 3 is 3.27 bits per heavy atom. The van der Waals surface area contributed by atoms with E-state index in [0.717, 1.165) is 31.9 Å². The van der Waals surface area contributed by atoms with Crippen LogP contribution in [0.3, 0.4) is 0 Å². The highest BCUT2D eigenvalue weighted by molar-refractivity contribution is 4.85. The van der Waals surface area contributed by atoms with E-state index in [1.165, 1.54) is 12.8 Å². The first-order valence-electron chi connectivity index (χ1n) is 5.51. The zero-order chi connectivity index (χ0) is 10.5. The molecule has 1 saturated heterocycles. The van der Waals surface area contributed by atoms with Crippen LogP contribution in [0.15, 0.2) is 6.33 Å². The maximum Gasteiger partial charge on any atom is 0.133 e. The first-order valence-corrected chi connectivity index (χ1v) is 5.51. The molecule has 15 heavy (non-hydrogen) atoms. The van der Waals surface area contributed by atoms with E-state index in [1.54, 1.807) is 6.33 Å². The molecule has 5 nitrogen and oxygen atoms in total. The van der Waals surface area contributed by atoms with Crippen LogP contribution in [0.4, 0.5) is 0 Å². The van der Waals surface area contributed by atoms with E-state index in [-0.39, 0.29) is 0 Å². The van der Waals surface area contributed by atoms with Gasteiger partial charge in [-0.3, -0.25) is 0 Å². The number of nitrogens with one attached hydrogen (secondary N) is 1. The molecular formula is C10H18N4O. The van der Waals surface area contributed by atoms with Gasteiger partial charge in [0.05, 0.1) is 6.10 Å². The lowest BCUT2D eigenvalue weighted by atomic mass is 10.2. The lowest BCUT2D eigenvalue weighted by molar-refractivity contribution is 0.110. The molecule has 84 valence electrons. The molecule has 2 heterocycles. The average Bonchev–Trinajstić information content (AvgIpc) is 2.85. The zero-order valence-electron chi connectivity index (χ0n) is 9.15. The standard InChI is InChI=1S/C10H18N4O/c1-14-8-12-13-10(14)4-5-11-7-9-3-2-6-15-9/h8-9,11H,2-7H2,1H3. The molecule has 0 radical (unpaired) electrons. The third-order valence-corrected chi connectivity index (χ3v) is 2.73. The Kier molecular flexibility index (Phi) is 3.69. The fourth-order valence-corrected chi connectivity index (χ4v) is 1.80. The fraction of sp³-hybridized carbons (Fsp3) is 0.800. The predicted molar refractivity (Wildman–Crippen MR) is 56.6 cm³/mol. The van der Waals surface area contributed by atoms with Crippen molar-refractivity contribution in [3.05, 3.63) is 12.2 Å². The van der Waals surface area contributed by atoms with Gasteiger partial charge >= 0.3 is 0 Å². The first-order chi connectivity index (χ1) is 7.36. The van der Waals surface area contributed by atoms with Gasteiger partial charge in [-0.05, 0) is 12.8 Å². The third kappa shape index (κ3) is 3.00. The summed E-state index contributed by atoms with van der Waals surface area (Å²) in [6, 6.07) is 0. The molecule has 1 unspecified atom stereocenters. The minimum absolute atomic E-state index is 0.421. The Hall–Kier alpha value is -0.940. The smallest absolute Gasteiger partial charge is 0.133 e. The van der Waals surface area contributed by atoms with Crippen LogP contribution >= 0.6 is 0 Å². The molecule has 0 saturated carbocycles. The molecule has 1 aromatic heterocycles. The number of aryl methyl sites for hydroxylation is 1. The van der Waals surface area contributed by atoms with Crippen molar-refractivity contribution in [2.24, 2.45) is 7.05 Å². The van der Waals surface area contributed by atoms with Crippen LogP contribution in [0.2, 0.25) is 0 Å². The summed E-state index contributed by atoms with van der Waals surface area (Å²) in [5.74, 6) is 1.02. The zero-order valence-corrected chi connectivity index (χ0v) is 9.15. The quantitative estimate of drug-likeness (QED) is 0.702. The number of rotatable bonds is 5. The maximum atomic E-state index is 5.52. The Morgan fingerprint density at radius 2 is 2.60 bits per heavy atom. The average molecular weight is 210 g/mol. The van der Waals surface area contributed by atoms with E-state index in [2.05, 4.69) is 15.5 Å². The van der Waals surface area contributed by atoms with Gasteiger partial charge < -0.3 is 14.6 Å². The van der Waals surface area contributed by atoms with Crippen molar-refractivity contribution in [1.82, 2.24) is 20.1 Å². The highest BCUT2D eigenvalue weighted by Gasteiger charge is 2.14. The maximum absolute atomic E-state index is 5.52. The normalized spacial score (nSPS) is 21.0. The second kappa shape index (κ2) is 5.23. The number of ether oxygens (including phenoxy) is 1. The van der Waals surface area contributed by atoms with Crippen molar-refractivity contribution < 1.29 is 4.74 Å². The molecule has 1 fully saturated rings. The minimum Gasteiger partial charge on any atom is -0.377 e. The number of aromatic nitrogens is 3. The van der Waals surface area contributed by atoms with Crippen molar-refractivity contribution in [3.8, 4) is 0 Å². The SMILES string of the molecule is Cn1cnnc1CCNCC1CCCO1. The van der Waals surface area contributed by atoms with Gasteiger partial charge in [-0.15, -0.1) is 10.2 Å². The molecule has 0 spiro atoms. The highest BCUT2D eigenvalue weighted by Crippen LogP contribution is 2.10. The van der Waals surface area contributed by atoms with Crippen molar-refractivity contribution in [2.75, 3.05) is 19.7 Å². The van der Waals surface area contributed by atoms with Crippen molar-refractivity contribution in [1.29, 1.82) is 0 Å². The number of hydrogen-bond donors (Lipinski definition) is 1. The van der Waals surface area contributed by atoms with Crippen molar-refractivity contribution in [3.63, 3.8) is 0 Å². The molecule has 1 aliphatic rings. The lowest BCUT2D eigenvalue weighted by Crippen LogP contribution is -2.28. The summed E-state index contributed by atoms with van der Waals surface area (Å²) < 4.78 is 7.47. The van der Waals surface area contributed by atoms with E-state index in [4.69, 9.17) is 4.74 Å². The molecule has 0 aromatic carbocycles. The second-order valence-electron chi connectivity index (χ2n) is 3.95. The van der Waals surface area contributed by atoms with Crippen LogP contribution < -0.4 is 5.32 Å². The van der Waals surface area contributed by atoms with Crippen molar-refractivity contribution >= 4 is 0 Å². The highest BCUT2D eigenvalue weighted by atomic mass is 16.5. The van der Waals surface area contributed by atoms with Crippen LogP contribution in [-0.2, 0) is 18.2 Å². The molecule has 2 rings (SSSR count). The van der Waals surface area contributed by atoms with Crippen LogP contribution in [0, 0.1) is 0 Å². The van der Waals surface area contributed by atoms with Gasteiger partial charge in [0.15, 0.2) is 0 Å². The van der Waals surface area contributed by atoms with Crippen molar-refractivity contribution in [2.45, 2.75) is 25.4 Å².